The number of hydrogen-bond donors (Lipinski definition) is 1. The first-order chi connectivity index (χ1) is 8.81. The molecule has 0 aromatic heterocycles. The maximum Gasteiger partial charge on any atom is 0.311 e. The van der Waals surface area contributed by atoms with Crippen LogP contribution in [0.15, 0.2) is 12.1 Å². The highest BCUT2D eigenvalue weighted by molar-refractivity contribution is 5.79. The summed E-state index contributed by atoms with van der Waals surface area (Å²) < 4.78 is 0. The van der Waals surface area contributed by atoms with Crippen LogP contribution in [0.2, 0.25) is 0 Å². The van der Waals surface area contributed by atoms with Crippen LogP contribution in [0.5, 0.6) is 0 Å². The standard InChI is InChI=1S/C16H23NO2/c1-10-6-7-13(12(3)11(10)2)14(17(4)5)16(8-9-16)15(18)19/h6-7,14H,8-9H2,1-5H3,(H,18,19). The summed E-state index contributed by atoms with van der Waals surface area (Å²) in [5.41, 5.74) is 4.33. The van der Waals surface area contributed by atoms with Crippen molar-refractivity contribution in [1.82, 2.24) is 4.90 Å². The van der Waals surface area contributed by atoms with Crippen LogP contribution in [-0.2, 0) is 4.79 Å². The number of hydrogen-bond acceptors (Lipinski definition) is 2. The molecule has 0 bridgehead atoms. The van der Waals surface area contributed by atoms with Crippen molar-refractivity contribution in [2.24, 2.45) is 5.41 Å². The molecule has 1 aliphatic rings. The van der Waals surface area contributed by atoms with E-state index in [0.717, 1.165) is 18.4 Å². The smallest absolute Gasteiger partial charge is 0.311 e. The molecule has 0 aliphatic heterocycles. The molecular weight excluding hydrogens is 238 g/mol. The predicted molar refractivity (Wildman–Crippen MR) is 76.4 cm³/mol. The molecule has 3 nitrogen and oxygen atoms in total. The molecule has 0 heterocycles. The number of aliphatic carboxylic acids is 1. The van der Waals surface area contributed by atoms with Gasteiger partial charge in [0.15, 0.2) is 0 Å². The SMILES string of the molecule is Cc1ccc(C(N(C)C)C2(C(=O)O)CC2)c(C)c1C. The molecule has 0 amide bonds. The first-order valence-electron chi connectivity index (χ1n) is 6.78. The van der Waals surface area contributed by atoms with E-state index in [1.807, 2.05) is 14.1 Å². The Kier molecular flexibility index (Phi) is 3.43. The van der Waals surface area contributed by atoms with Gasteiger partial charge in [-0.25, -0.2) is 0 Å². The van der Waals surface area contributed by atoms with Gasteiger partial charge in [0.25, 0.3) is 0 Å². The third kappa shape index (κ3) is 2.16. The maximum absolute atomic E-state index is 11.6. The van der Waals surface area contributed by atoms with E-state index in [9.17, 15) is 9.90 Å². The van der Waals surface area contributed by atoms with Crippen LogP contribution in [-0.4, -0.2) is 30.1 Å². The monoisotopic (exact) mass is 261 g/mol. The average Bonchev–Trinajstić information content (AvgIpc) is 3.11. The third-order valence-corrected chi connectivity index (χ3v) is 4.65. The van der Waals surface area contributed by atoms with E-state index in [0.29, 0.717) is 0 Å². The van der Waals surface area contributed by atoms with E-state index in [1.165, 1.54) is 16.7 Å². The van der Waals surface area contributed by atoms with Crippen molar-refractivity contribution in [3.63, 3.8) is 0 Å². The van der Waals surface area contributed by atoms with E-state index >= 15 is 0 Å². The Balaban J connectivity index is 2.53. The van der Waals surface area contributed by atoms with Crippen molar-refractivity contribution in [1.29, 1.82) is 0 Å². The minimum atomic E-state index is -0.663. The molecule has 1 aromatic carbocycles. The van der Waals surface area contributed by atoms with Crippen LogP contribution in [0.1, 0.15) is 41.1 Å². The molecule has 0 radical (unpaired) electrons. The number of carboxylic acids is 1. The van der Waals surface area contributed by atoms with Gasteiger partial charge in [0.2, 0.25) is 0 Å². The van der Waals surface area contributed by atoms with Crippen LogP contribution in [0.4, 0.5) is 0 Å². The van der Waals surface area contributed by atoms with E-state index in [4.69, 9.17) is 0 Å². The number of aryl methyl sites for hydroxylation is 1. The van der Waals surface area contributed by atoms with Crippen molar-refractivity contribution in [3.8, 4) is 0 Å². The lowest BCUT2D eigenvalue weighted by Crippen LogP contribution is -2.34. The Morgan fingerprint density at radius 2 is 1.79 bits per heavy atom. The minimum Gasteiger partial charge on any atom is -0.481 e. The number of carboxylic acid groups (broad SMARTS) is 1. The second kappa shape index (κ2) is 4.64. The second-order valence-electron chi connectivity index (χ2n) is 6.05. The lowest BCUT2D eigenvalue weighted by atomic mass is 9.84. The third-order valence-electron chi connectivity index (χ3n) is 4.65. The summed E-state index contributed by atoms with van der Waals surface area (Å²) in [5, 5.41) is 9.57. The highest BCUT2D eigenvalue weighted by Crippen LogP contribution is 2.57. The normalized spacial score (nSPS) is 18.4. The van der Waals surface area contributed by atoms with Crippen LogP contribution in [0.25, 0.3) is 0 Å². The van der Waals surface area contributed by atoms with Crippen LogP contribution < -0.4 is 0 Å². The van der Waals surface area contributed by atoms with Crippen LogP contribution in [0, 0.1) is 26.2 Å². The average molecular weight is 261 g/mol. The minimum absolute atomic E-state index is 0.0377. The van der Waals surface area contributed by atoms with Crippen molar-refractivity contribution in [2.45, 2.75) is 39.7 Å². The van der Waals surface area contributed by atoms with Gasteiger partial charge in [0.05, 0.1) is 11.5 Å². The van der Waals surface area contributed by atoms with Crippen LogP contribution >= 0.6 is 0 Å². The van der Waals surface area contributed by atoms with Gasteiger partial charge in [0.1, 0.15) is 0 Å². The highest BCUT2D eigenvalue weighted by Gasteiger charge is 2.57. The van der Waals surface area contributed by atoms with Gasteiger partial charge < -0.3 is 10.0 Å². The number of carbonyl (C=O) groups is 1. The molecule has 0 saturated heterocycles. The molecule has 0 spiro atoms. The van der Waals surface area contributed by atoms with E-state index in [1.54, 1.807) is 0 Å². The van der Waals surface area contributed by atoms with E-state index in [-0.39, 0.29) is 6.04 Å². The predicted octanol–water partition coefficient (Wildman–Crippen LogP) is 3.08. The topological polar surface area (TPSA) is 40.5 Å². The van der Waals surface area contributed by atoms with E-state index in [2.05, 4.69) is 37.8 Å². The molecule has 3 heteroatoms. The summed E-state index contributed by atoms with van der Waals surface area (Å²) in [5.74, 6) is -0.663. The molecule has 1 N–H and O–H groups in total. The number of benzene rings is 1. The zero-order chi connectivity index (χ0) is 14.4. The second-order valence-corrected chi connectivity index (χ2v) is 6.05. The Morgan fingerprint density at radius 1 is 1.21 bits per heavy atom. The molecule has 1 unspecified atom stereocenters. The van der Waals surface area contributed by atoms with Gasteiger partial charge in [-0.2, -0.15) is 0 Å². The first-order valence-corrected chi connectivity index (χ1v) is 6.78. The highest BCUT2D eigenvalue weighted by atomic mass is 16.4. The van der Waals surface area contributed by atoms with Gasteiger partial charge in [-0.3, -0.25) is 4.79 Å². The molecule has 104 valence electrons. The van der Waals surface area contributed by atoms with Gasteiger partial charge >= 0.3 is 5.97 Å². The molecule has 1 aromatic rings. The van der Waals surface area contributed by atoms with Crippen molar-refractivity contribution in [2.75, 3.05) is 14.1 Å². The van der Waals surface area contributed by atoms with E-state index < -0.39 is 11.4 Å². The summed E-state index contributed by atoms with van der Waals surface area (Å²) in [6.07, 6.45) is 1.55. The largest absolute Gasteiger partial charge is 0.481 e. The summed E-state index contributed by atoms with van der Waals surface area (Å²) in [6, 6.07) is 4.17. The zero-order valence-electron chi connectivity index (χ0n) is 12.4. The van der Waals surface area contributed by atoms with Crippen molar-refractivity contribution >= 4 is 5.97 Å². The Labute approximate surface area is 115 Å². The zero-order valence-corrected chi connectivity index (χ0v) is 12.4. The summed E-state index contributed by atoms with van der Waals surface area (Å²) >= 11 is 0. The lowest BCUT2D eigenvalue weighted by molar-refractivity contribution is -0.146. The molecule has 1 fully saturated rings. The van der Waals surface area contributed by atoms with Crippen molar-refractivity contribution < 1.29 is 9.90 Å². The number of rotatable bonds is 4. The molecule has 1 saturated carbocycles. The Bertz CT molecular complexity index is 516. The first kappa shape index (κ1) is 14.1. The Morgan fingerprint density at radius 3 is 2.21 bits per heavy atom. The quantitative estimate of drug-likeness (QED) is 0.905. The fourth-order valence-electron chi connectivity index (χ4n) is 3.08. The Hall–Kier alpha value is -1.35. The summed E-state index contributed by atoms with van der Waals surface area (Å²) in [7, 11) is 3.95. The fourth-order valence-corrected chi connectivity index (χ4v) is 3.08. The number of nitrogens with zero attached hydrogens (tertiary/aromatic N) is 1. The van der Waals surface area contributed by atoms with Gasteiger partial charge in [-0.15, -0.1) is 0 Å². The van der Waals surface area contributed by atoms with Gasteiger partial charge in [0, 0.05) is 0 Å². The molecule has 1 aliphatic carbocycles. The van der Waals surface area contributed by atoms with Crippen molar-refractivity contribution in [3.05, 3.63) is 34.4 Å². The fraction of sp³-hybridized carbons (Fsp3) is 0.562. The maximum atomic E-state index is 11.6. The lowest BCUT2D eigenvalue weighted by Gasteiger charge is -2.32. The summed E-state index contributed by atoms with van der Waals surface area (Å²) in [4.78, 5) is 13.7. The molecule has 2 rings (SSSR count). The molecular formula is C16H23NO2. The summed E-state index contributed by atoms with van der Waals surface area (Å²) in [6.45, 7) is 6.31. The van der Waals surface area contributed by atoms with Gasteiger partial charge in [-0.1, -0.05) is 12.1 Å². The molecule has 19 heavy (non-hydrogen) atoms. The molecule has 1 atom stereocenters. The van der Waals surface area contributed by atoms with Gasteiger partial charge in [-0.05, 0) is 70.0 Å². The van der Waals surface area contributed by atoms with Crippen LogP contribution in [0.3, 0.4) is 0 Å².